The van der Waals surface area contributed by atoms with Crippen molar-refractivity contribution in [3.05, 3.63) is 82.3 Å². The number of nitrogens with one attached hydrogen (secondary N) is 2. The topological polar surface area (TPSA) is 67.0 Å². The summed E-state index contributed by atoms with van der Waals surface area (Å²) in [6.45, 7) is 2.65. The monoisotopic (exact) mass is 349 g/mol. The molecule has 5 heteroatoms. The number of hydrogen-bond acceptors (Lipinski definition) is 4. The fourth-order valence-corrected chi connectivity index (χ4v) is 2.57. The third-order valence-corrected chi connectivity index (χ3v) is 3.95. The predicted molar refractivity (Wildman–Crippen MR) is 104 cm³/mol. The van der Waals surface area contributed by atoms with Crippen LogP contribution in [0.1, 0.15) is 31.0 Å². The van der Waals surface area contributed by atoms with Gasteiger partial charge in [-0.05, 0) is 42.7 Å². The lowest BCUT2D eigenvalue weighted by molar-refractivity contribution is 0.306. The molecule has 2 N–H and O–H groups in total. The summed E-state index contributed by atoms with van der Waals surface area (Å²) in [5.74, 6) is 1.25. The van der Waals surface area contributed by atoms with Crippen LogP contribution in [0.4, 0.5) is 11.6 Å². The Hall–Kier alpha value is -3.08. The molecule has 2 aromatic carbocycles. The second-order valence-corrected chi connectivity index (χ2v) is 6.11. The van der Waals surface area contributed by atoms with Crippen molar-refractivity contribution in [1.82, 2.24) is 9.97 Å². The van der Waals surface area contributed by atoms with Gasteiger partial charge in [-0.1, -0.05) is 43.7 Å². The first-order chi connectivity index (χ1) is 12.7. The molecule has 0 saturated heterocycles. The van der Waals surface area contributed by atoms with Crippen molar-refractivity contribution in [2.45, 2.75) is 32.8 Å². The minimum atomic E-state index is -0.142. The maximum Gasteiger partial charge on any atom is 0.252 e. The SMILES string of the molecule is CCCCc1cc(=O)[nH]c(Nc2ccc(OCc3ccccc3)cc2)n1. The summed E-state index contributed by atoms with van der Waals surface area (Å²) >= 11 is 0. The molecule has 5 nitrogen and oxygen atoms in total. The Kier molecular flexibility index (Phi) is 6.04. The normalized spacial score (nSPS) is 10.5. The number of unbranched alkanes of at least 4 members (excludes halogenated alkanes) is 1. The van der Waals surface area contributed by atoms with Gasteiger partial charge in [0.25, 0.3) is 5.56 Å². The highest BCUT2D eigenvalue weighted by molar-refractivity contribution is 5.54. The minimum absolute atomic E-state index is 0.142. The zero-order valence-electron chi connectivity index (χ0n) is 14.9. The van der Waals surface area contributed by atoms with Gasteiger partial charge in [-0.2, -0.15) is 0 Å². The van der Waals surface area contributed by atoms with E-state index in [0.29, 0.717) is 12.6 Å². The second kappa shape index (κ2) is 8.85. The van der Waals surface area contributed by atoms with Gasteiger partial charge in [-0.15, -0.1) is 0 Å². The number of ether oxygens (including phenoxy) is 1. The first-order valence-electron chi connectivity index (χ1n) is 8.87. The molecule has 0 radical (unpaired) electrons. The summed E-state index contributed by atoms with van der Waals surface area (Å²) in [6, 6.07) is 19.2. The quantitative estimate of drug-likeness (QED) is 0.631. The Labute approximate surface area is 153 Å². The molecular formula is C21H23N3O2. The number of nitrogens with zero attached hydrogens (tertiary/aromatic N) is 1. The number of anilines is 2. The van der Waals surface area contributed by atoms with Gasteiger partial charge in [0.15, 0.2) is 0 Å². The zero-order chi connectivity index (χ0) is 18.2. The Morgan fingerprint density at radius 3 is 2.58 bits per heavy atom. The third-order valence-electron chi connectivity index (χ3n) is 3.95. The minimum Gasteiger partial charge on any atom is -0.489 e. The number of benzene rings is 2. The van der Waals surface area contributed by atoms with E-state index < -0.39 is 0 Å². The van der Waals surface area contributed by atoms with E-state index in [-0.39, 0.29) is 5.56 Å². The van der Waals surface area contributed by atoms with Crippen molar-refractivity contribution in [2.24, 2.45) is 0 Å². The van der Waals surface area contributed by atoms with Gasteiger partial charge in [-0.25, -0.2) is 4.98 Å². The van der Waals surface area contributed by atoms with Crippen molar-refractivity contribution in [3.8, 4) is 5.75 Å². The van der Waals surface area contributed by atoms with Crippen LogP contribution in [0.25, 0.3) is 0 Å². The van der Waals surface area contributed by atoms with Gasteiger partial charge in [0.05, 0.1) is 0 Å². The molecule has 0 aliphatic carbocycles. The highest BCUT2D eigenvalue weighted by Gasteiger charge is 2.03. The smallest absolute Gasteiger partial charge is 0.252 e. The van der Waals surface area contributed by atoms with Crippen LogP contribution in [0.15, 0.2) is 65.5 Å². The summed E-state index contributed by atoms with van der Waals surface area (Å²) in [7, 11) is 0. The molecular weight excluding hydrogens is 326 g/mol. The fourth-order valence-electron chi connectivity index (χ4n) is 2.57. The van der Waals surface area contributed by atoms with Gasteiger partial charge in [0.2, 0.25) is 5.95 Å². The van der Waals surface area contributed by atoms with Crippen LogP contribution in [0.5, 0.6) is 5.75 Å². The summed E-state index contributed by atoms with van der Waals surface area (Å²) in [5, 5.41) is 3.14. The summed E-state index contributed by atoms with van der Waals surface area (Å²) in [4.78, 5) is 19.0. The van der Waals surface area contributed by atoms with Crippen LogP contribution in [0.3, 0.4) is 0 Å². The lowest BCUT2D eigenvalue weighted by atomic mass is 10.2. The maximum absolute atomic E-state index is 11.8. The number of aromatic nitrogens is 2. The number of H-pyrrole nitrogens is 1. The van der Waals surface area contributed by atoms with Crippen LogP contribution in [-0.4, -0.2) is 9.97 Å². The molecule has 0 unspecified atom stereocenters. The van der Waals surface area contributed by atoms with Gasteiger partial charge in [-0.3, -0.25) is 9.78 Å². The zero-order valence-corrected chi connectivity index (χ0v) is 14.9. The highest BCUT2D eigenvalue weighted by Crippen LogP contribution is 2.19. The summed E-state index contributed by atoms with van der Waals surface area (Å²) in [5.41, 5.74) is 2.63. The van der Waals surface area contributed by atoms with E-state index in [2.05, 4.69) is 22.2 Å². The van der Waals surface area contributed by atoms with E-state index in [9.17, 15) is 4.79 Å². The average molecular weight is 349 g/mol. The van der Waals surface area contributed by atoms with Crippen molar-refractivity contribution in [2.75, 3.05) is 5.32 Å². The molecule has 26 heavy (non-hydrogen) atoms. The Morgan fingerprint density at radius 2 is 1.85 bits per heavy atom. The molecule has 0 atom stereocenters. The van der Waals surface area contributed by atoms with E-state index in [1.165, 1.54) is 0 Å². The number of rotatable bonds is 8. The molecule has 1 aromatic heterocycles. The molecule has 1 heterocycles. The Morgan fingerprint density at radius 1 is 1.08 bits per heavy atom. The molecule has 0 spiro atoms. The van der Waals surface area contributed by atoms with Crippen molar-refractivity contribution in [3.63, 3.8) is 0 Å². The van der Waals surface area contributed by atoms with Crippen LogP contribution in [0, 0.1) is 0 Å². The lowest BCUT2D eigenvalue weighted by Crippen LogP contribution is -2.12. The van der Waals surface area contributed by atoms with E-state index in [4.69, 9.17) is 4.74 Å². The number of aromatic amines is 1. The largest absolute Gasteiger partial charge is 0.489 e. The van der Waals surface area contributed by atoms with Crippen LogP contribution in [-0.2, 0) is 13.0 Å². The number of hydrogen-bond donors (Lipinski definition) is 2. The van der Waals surface area contributed by atoms with Crippen molar-refractivity contribution >= 4 is 11.6 Å². The highest BCUT2D eigenvalue weighted by atomic mass is 16.5. The van der Waals surface area contributed by atoms with Crippen molar-refractivity contribution < 1.29 is 4.74 Å². The summed E-state index contributed by atoms with van der Waals surface area (Å²) in [6.07, 6.45) is 2.90. The molecule has 0 bridgehead atoms. The standard InChI is InChI=1S/C21H23N3O2/c1-2-3-9-18-14-20(25)24-21(23-18)22-17-10-12-19(13-11-17)26-15-16-7-5-4-6-8-16/h4-8,10-14H,2-3,9,15H2,1H3,(H2,22,23,24,25). The Bertz CT molecular complexity index is 874. The van der Waals surface area contributed by atoms with Crippen molar-refractivity contribution in [1.29, 1.82) is 0 Å². The third kappa shape index (κ3) is 5.21. The summed E-state index contributed by atoms with van der Waals surface area (Å²) < 4.78 is 5.78. The molecule has 0 saturated carbocycles. The van der Waals surface area contributed by atoms with E-state index in [0.717, 1.165) is 42.0 Å². The molecule has 0 aliphatic rings. The van der Waals surface area contributed by atoms with Crippen LogP contribution >= 0.6 is 0 Å². The van der Waals surface area contributed by atoms with Gasteiger partial charge < -0.3 is 10.1 Å². The molecule has 0 fully saturated rings. The molecule has 0 amide bonds. The fraction of sp³-hybridized carbons (Fsp3) is 0.238. The molecule has 3 rings (SSSR count). The lowest BCUT2D eigenvalue weighted by Gasteiger charge is -2.09. The van der Waals surface area contributed by atoms with Crippen LogP contribution < -0.4 is 15.6 Å². The van der Waals surface area contributed by atoms with Gasteiger partial charge in [0, 0.05) is 17.4 Å². The average Bonchev–Trinajstić information content (AvgIpc) is 2.66. The number of aryl methyl sites for hydroxylation is 1. The van der Waals surface area contributed by atoms with Gasteiger partial charge >= 0.3 is 0 Å². The molecule has 134 valence electrons. The van der Waals surface area contributed by atoms with E-state index in [1.54, 1.807) is 6.07 Å². The maximum atomic E-state index is 11.8. The Balaban J connectivity index is 1.62. The van der Waals surface area contributed by atoms with E-state index >= 15 is 0 Å². The van der Waals surface area contributed by atoms with Gasteiger partial charge in [0.1, 0.15) is 12.4 Å². The second-order valence-electron chi connectivity index (χ2n) is 6.11. The van der Waals surface area contributed by atoms with E-state index in [1.807, 2.05) is 54.6 Å². The predicted octanol–water partition coefficient (Wildman–Crippen LogP) is 4.44. The van der Waals surface area contributed by atoms with Crippen LogP contribution in [0.2, 0.25) is 0 Å². The molecule has 3 aromatic rings. The first kappa shape index (κ1) is 17.7. The molecule has 0 aliphatic heterocycles. The first-order valence-corrected chi connectivity index (χ1v) is 8.87.